The predicted octanol–water partition coefficient (Wildman–Crippen LogP) is 8.88. The molecule has 0 saturated carbocycles. The first-order valence-electron chi connectivity index (χ1n) is 14.3. The van der Waals surface area contributed by atoms with E-state index in [1.807, 2.05) is 42.6 Å². The van der Waals surface area contributed by atoms with Crippen molar-refractivity contribution in [1.82, 2.24) is 0 Å². The van der Waals surface area contributed by atoms with Crippen LogP contribution in [0, 0.1) is 41.5 Å². The Kier molecular flexibility index (Phi) is 12.0. The molecule has 1 saturated heterocycles. The monoisotopic (exact) mass is 716 g/mol. The Balaban J connectivity index is 0.00000259. The molecular formula is C34H40ClF3N3O2Ru. The van der Waals surface area contributed by atoms with Crippen molar-refractivity contribution in [2.45, 2.75) is 73.8 Å². The summed E-state index contributed by atoms with van der Waals surface area (Å²) in [5, 5.41) is 1.97. The Morgan fingerprint density at radius 3 is 1.75 bits per heavy atom. The topological polar surface area (TPSA) is 44.8 Å². The van der Waals surface area contributed by atoms with Gasteiger partial charge in [0.25, 0.3) is 0 Å². The van der Waals surface area contributed by atoms with Crippen LogP contribution in [0.5, 0.6) is 5.75 Å². The molecule has 1 fully saturated rings. The Bertz CT molecular complexity index is 1410. The molecule has 0 aliphatic carbocycles. The van der Waals surface area contributed by atoms with Crippen molar-refractivity contribution < 1.29 is 40.0 Å². The molecule has 0 atom stereocenters. The van der Waals surface area contributed by atoms with E-state index in [9.17, 15) is 18.0 Å². The van der Waals surface area contributed by atoms with Crippen molar-refractivity contribution >= 4 is 38.7 Å². The average molecular weight is 716 g/mol. The first-order chi connectivity index (χ1) is 20.6. The molecule has 3 aromatic rings. The third kappa shape index (κ3) is 8.36. The summed E-state index contributed by atoms with van der Waals surface area (Å²) in [5.74, 6) is -1.49. The Labute approximate surface area is 273 Å². The van der Waals surface area contributed by atoms with E-state index in [4.69, 9.17) is 4.74 Å². The van der Waals surface area contributed by atoms with Crippen LogP contribution in [0.1, 0.15) is 52.8 Å². The van der Waals surface area contributed by atoms with Crippen LogP contribution in [-0.2, 0) is 22.1 Å². The molecule has 1 aliphatic heterocycles. The van der Waals surface area contributed by atoms with E-state index in [0.29, 0.717) is 11.3 Å². The second-order valence-electron chi connectivity index (χ2n) is 11.5. The minimum absolute atomic E-state index is 0.0451. The van der Waals surface area contributed by atoms with E-state index in [1.165, 1.54) is 56.9 Å². The number of nitrogens with zero attached hydrogens (tertiary/aromatic N) is 2. The number of benzene rings is 3. The first kappa shape index (κ1) is 35.5. The quantitative estimate of drug-likeness (QED) is 0.248. The molecule has 44 heavy (non-hydrogen) atoms. The van der Waals surface area contributed by atoms with Crippen LogP contribution in [0.15, 0.2) is 48.5 Å². The van der Waals surface area contributed by atoms with Gasteiger partial charge in [0, 0.05) is 35.7 Å². The number of anilines is 3. The van der Waals surface area contributed by atoms with E-state index < -0.39 is 12.1 Å². The zero-order chi connectivity index (χ0) is 32.9. The zero-order valence-corrected chi connectivity index (χ0v) is 28.8. The summed E-state index contributed by atoms with van der Waals surface area (Å²) in [7, 11) is 4.57. The number of hydrogen-bond donors (Lipinski definition) is 1. The van der Waals surface area contributed by atoms with Gasteiger partial charge < -0.3 is 19.9 Å². The summed E-state index contributed by atoms with van der Waals surface area (Å²) in [5.41, 5.74) is 10.1. The van der Waals surface area contributed by atoms with Gasteiger partial charge in [0.15, 0.2) is 0 Å². The fraction of sp³-hybridized carbons (Fsp3) is 0.382. The van der Waals surface area contributed by atoms with Gasteiger partial charge in [-0.1, -0.05) is 41.5 Å². The third-order valence-corrected chi connectivity index (χ3v) is 7.40. The average Bonchev–Trinajstić information content (AvgIpc) is 3.30. The van der Waals surface area contributed by atoms with E-state index >= 15 is 0 Å². The number of halogens is 4. The van der Waals surface area contributed by atoms with Gasteiger partial charge in [-0.2, -0.15) is 13.2 Å². The number of carbonyl (C=O) groups excluding carboxylic acids is 1. The fourth-order valence-electron chi connectivity index (χ4n) is 6.10. The second kappa shape index (κ2) is 14.8. The number of aryl methyl sites for hydroxylation is 6. The van der Waals surface area contributed by atoms with Crippen molar-refractivity contribution in [2.24, 2.45) is 0 Å². The molecule has 1 aliphatic rings. The van der Waals surface area contributed by atoms with E-state index in [2.05, 4.69) is 91.4 Å². The van der Waals surface area contributed by atoms with E-state index in [1.54, 1.807) is 6.07 Å². The molecule has 5 nitrogen and oxygen atoms in total. The summed E-state index contributed by atoms with van der Waals surface area (Å²) in [6, 6.07) is 13.3. The number of ether oxygens (including phenoxy) is 1. The summed E-state index contributed by atoms with van der Waals surface area (Å²) in [6.07, 6.45) is -1.35. The number of carbonyl (C=O) groups is 1. The molecule has 1 amide bonds. The zero-order valence-electron chi connectivity index (χ0n) is 26.3. The van der Waals surface area contributed by atoms with Crippen LogP contribution in [0.4, 0.5) is 30.2 Å². The van der Waals surface area contributed by atoms with Crippen LogP contribution in [0.3, 0.4) is 0 Å². The summed E-state index contributed by atoms with van der Waals surface area (Å²) < 4.78 is 44.9. The van der Waals surface area contributed by atoms with E-state index in [0.717, 1.165) is 13.1 Å². The maximum absolute atomic E-state index is 13.0. The standard InChI is InChI=1S/C34H40F3N3O2.ClH.Ru/c1-20(2)42-29-11-10-28(38-33(41)34(35,36)37)19-27(29)9-12-30-39(31-23(5)15-21(3)16-24(31)6)13-14-40(30)32-25(7)17-22(4)18-26(32)8;;/h9-12,15-20,30H,13-14H2,1-8H3,(H,38,41);1H;/q;;+1/p-1/b12-9+;;. The molecule has 0 unspecified atom stereocenters. The van der Waals surface area contributed by atoms with E-state index in [-0.39, 0.29) is 18.0 Å². The van der Waals surface area contributed by atoms with Crippen molar-refractivity contribution in [3.63, 3.8) is 0 Å². The van der Waals surface area contributed by atoms with Crippen LogP contribution in [0.2, 0.25) is 0 Å². The van der Waals surface area contributed by atoms with Crippen molar-refractivity contribution in [1.29, 1.82) is 0 Å². The first-order valence-corrected chi connectivity index (χ1v) is 16.6. The van der Waals surface area contributed by atoms with Crippen LogP contribution in [-0.4, -0.2) is 37.4 Å². The maximum atomic E-state index is 13.0. The van der Waals surface area contributed by atoms with Gasteiger partial charge in [-0.25, -0.2) is 0 Å². The van der Waals surface area contributed by atoms with Crippen LogP contribution < -0.4 is 19.9 Å². The van der Waals surface area contributed by atoms with Gasteiger partial charge in [-0.15, -0.1) is 0 Å². The van der Waals surface area contributed by atoms with Gasteiger partial charge in [-0.05, 0) is 102 Å². The predicted molar refractivity (Wildman–Crippen MR) is 172 cm³/mol. The second-order valence-corrected chi connectivity index (χ2v) is 11.5. The Morgan fingerprint density at radius 2 is 1.34 bits per heavy atom. The van der Waals surface area contributed by atoms with Crippen molar-refractivity contribution in [2.75, 3.05) is 28.2 Å². The van der Waals surface area contributed by atoms with Crippen molar-refractivity contribution in [3.05, 3.63) is 87.5 Å². The Hall–Kier alpha value is -3.03. The molecule has 10 heteroatoms. The van der Waals surface area contributed by atoms with Gasteiger partial charge in [-0.3, -0.25) is 4.79 Å². The molecule has 1 heterocycles. The number of hydrogen-bond acceptors (Lipinski definition) is 4. The third-order valence-electron chi connectivity index (χ3n) is 7.40. The molecule has 3 aromatic carbocycles. The van der Waals surface area contributed by atoms with Gasteiger partial charge >= 0.3 is 39.1 Å². The summed E-state index contributed by atoms with van der Waals surface area (Å²) in [6.45, 7) is 18.1. The number of nitrogens with one attached hydrogen (secondary N) is 1. The van der Waals surface area contributed by atoms with Gasteiger partial charge in [0.1, 0.15) is 11.9 Å². The molecule has 0 spiro atoms. The number of alkyl halides is 3. The molecule has 0 aromatic heterocycles. The molecular weight excluding hydrogens is 676 g/mol. The van der Waals surface area contributed by atoms with Gasteiger partial charge in [0.05, 0.1) is 6.10 Å². The normalized spacial score (nSPS) is 13.9. The molecule has 0 radical (unpaired) electrons. The minimum atomic E-state index is -4.98. The summed E-state index contributed by atoms with van der Waals surface area (Å²) in [4.78, 5) is 16.4. The molecule has 1 N–H and O–H groups in total. The molecule has 239 valence electrons. The number of amides is 1. The Morgan fingerprint density at radius 1 is 0.886 bits per heavy atom. The SMILES string of the molecule is Cc1cc(C)c(N2CCN(c3c(C)cc(C)cc3C)C2/C=C/c2cc(NC(=O)C(F)(F)F)ccc2OC(C)C)c(C)c1.[Cl][Ru]. The number of rotatable bonds is 7. The molecule has 0 bridgehead atoms. The van der Waals surface area contributed by atoms with Crippen molar-refractivity contribution in [3.8, 4) is 5.75 Å². The van der Waals surface area contributed by atoms with Crippen LogP contribution >= 0.6 is 9.69 Å². The summed E-state index contributed by atoms with van der Waals surface area (Å²) >= 11 is 1.82. The van der Waals surface area contributed by atoms with Gasteiger partial charge in [0.2, 0.25) is 0 Å². The fourth-order valence-corrected chi connectivity index (χ4v) is 6.10. The molecule has 4 rings (SSSR count). The van der Waals surface area contributed by atoms with Crippen LogP contribution in [0.25, 0.3) is 6.08 Å².